The van der Waals surface area contributed by atoms with Crippen LogP contribution < -0.4 is 16.8 Å². The largest absolute Gasteiger partial charge is 0.397 e. The van der Waals surface area contributed by atoms with Gasteiger partial charge in [0.2, 0.25) is 5.91 Å². The number of benzene rings is 1. The number of carbonyl (C=O) groups is 1. The van der Waals surface area contributed by atoms with Crippen LogP contribution in [0.4, 0.5) is 11.4 Å². The molecular formula is C11H16BrN3O. The number of hydrogen-bond donors (Lipinski definition) is 3. The Bertz CT molecular complexity index is 404. The Balaban J connectivity index is 2.72. The minimum Gasteiger partial charge on any atom is -0.397 e. The van der Waals surface area contributed by atoms with Crippen LogP contribution >= 0.6 is 15.9 Å². The van der Waals surface area contributed by atoms with E-state index in [1.165, 1.54) is 0 Å². The van der Waals surface area contributed by atoms with Gasteiger partial charge in [0.05, 0.1) is 16.8 Å². The summed E-state index contributed by atoms with van der Waals surface area (Å²) in [5.41, 5.74) is 11.9. The van der Waals surface area contributed by atoms with E-state index in [4.69, 9.17) is 11.5 Å². The third-order valence-corrected chi connectivity index (χ3v) is 2.89. The van der Waals surface area contributed by atoms with Gasteiger partial charge in [0.1, 0.15) is 0 Å². The van der Waals surface area contributed by atoms with Crippen molar-refractivity contribution in [2.45, 2.75) is 13.8 Å². The van der Waals surface area contributed by atoms with Gasteiger partial charge in [0.25, 0.3) is 0 Å². The van der Waals surface area contributed by atoms with E-state index in [1.807, 2.05) is 12.1 Å². The molecule has 1 aromatic rings. The standard InChI is InChI=1S/C11H16BrN3O/c1-11(2,10(14)16)6-15-9-4-3-7(12)5-8(9)13/h3-5,15H,6,13H2,1-2H3,(H2,14,16). The number of halogens is 1. The highest BCUT2D eigenvalue weighted by Crippen LogP contribution is 2.24. The van der Waals surface area contributed by atoms with Crippen LogP contribution in [0, 0.1) is 5.41 Å². The molecule has 1 rings (SSSR count). The summed E-state index contributed by atoms with van der Waals surface area (Å²) in [5, 5.41) is 3.12. The summed E-state index contributed by atoms with van der Waals surface area (Å²) in [6.07, 6.45) is 0. The zero-order valence-corrected chi connectivity index (χ0v) is 11.0. The van der Waals surface area contributed by atoms with Crippen LogP contribution in [0.1, 0.15) is 13.8 Å². The van der Waals surface area contributed by atoms with Gasteiger partial charge in [0.15, 0.2) is 0 Å². The molecule has 4 nitrogen and oxygen atoms in total. The minimum absolute atomic E-state index is 0.337. The smallest absolute Gasteiger partial charge is 0.224 e. The molecule has 0 unspecified atom stereocenters. The molecule has 0 fully saturated rings. The molecule has 16 heavy (non-hydrogen) atoms. The quantitative estimate of drug-likeness (QED) is 0.740. The fourth-order valence-corrected chi connectivity index (χ4v) is 1.48. The monoisotopic (exact) mass is 285 g/mol. The number of amides is 1. The van der Waals surface area contributed by atoms with E-state index in [1.54, 1.807) is 19.9 Å². The van der Waals surface area contributed by atoms with Crippen molar-refractivity contribution < 1.29 is 4.79 Å². The maximum absolute atomic E-state index is 11.1. The molecule has 0 bridgehead atoms. The third kappa shape index (κ3) is 3.13. The van der Waals surface area contributed by atoms with Crippen LogP contribution in [0.5, 0.6) is 0 Å². The average Bonchev–Trinajstić information content (AvgIpc) is 2.16. The molecule has 5 N–H and O–H groups in total. The van der Waals surface area contributed by atoms with Gasteiger partial charge >= 0.3 is 0 Å². The Morgan fingerprint density at radius 1 is 1.50 bits per heavy atom. The normalized spacial score (nSPS) is 11.2. The van der Waals surface area contributed by atoms with E-state index < -0.39 is 5.41 Å². The van der Waals surface area contributed by atoms with Crippen LogP contribution in [-0.4, -0.2) is 12.5 Å². The first-order valence-corrected chi connectivity index (χ1v) is 5.71. The number of carbonyl (C=O) groups excluding carboxylic acids is 1. The number of nitrogen functional groups attached to an aromatic ring is 1. The minimum atomic E-state index is -0.598. The van der Waals surface area contributed by atoms with E-state index in [-0.39, 0.29) is 5.91 Å². The van der Waals surface area contributed by atoms with Crippen LogP contribution in [-0.2, 0) is 4.79 Å². The molecule has 0 saturated heterocycles. The second-order valence-electron chi connectivity index (χ2n) is 4.33. The lowest BCUT2D eigenvalue weighted by Crippen LogP contribution is -2.37. The van der Waals surface area contributed by atoms with Gasteiger partial charge in [-0.15, -0.1) is 0 Å². The second-order valence-corrected chi connectivity index (χ2v) is 5.25. The number of hydrogen-bond acceptors (Lipinski definition) is 3. The predicted molar refractivity (Wildman–Crippen MR) is 70.0 cm³/mol. The molecule has 0 aliphatic rings. The van der Waals surface area contributed by atoms with Gasteiger partial charge in [-0.25, -0.2) is 0 Å². The lowest BCUT2D eigenvalue weighted by atomic mass is 9.92. The van der Waals surface area contributed by atoms with Crippen molar-refractivity contribution >= 4 is 33.2 Å². The van der Waals surface area contributed by atoms with Crippen molar-refractivity contribution in [3.63, 3.8) is 0 Å². The fourth-order valence-electron chi connectivity index (χ4n) is 1.10. The van der Waals surface area contributed by atoms with Gasteiger partial charge in [-0.2, -0.15) is 0 Å². The van der Waals surface area contributed by atoms with Gasteiger partial charge in [-0.1, -0.05) is 15.9 Å². The summed E-state index contributed by atoms with van der Waals surface area (Å²) in [6, 6.07) is 5.55. The fraction of sp³-hybridized carbons (Fsp3) is 0.364. The first-order chi connectivity index (χ1) is 7.33. The Labute approximate surface area is 104 Å². The Morgan fingerprint density at radius 2 is 2.12 bits per heavy atom. The van der Waals surface area contributed by atoms with Crippen LogP contribution in [0.25, 0.3) is 0 Å². The molecule has 1 amide bonds. The topological polar surface area (TPSA) is 81.1 Å². The Kier molecular flexibility index (Phi) is 3.80. The van der Waals surface area contributed by atoms with Crippen LogP contribution in [0.15, 0.2) is 22.7 Å². The highest BCUT2D eigenvalue weighted by atomic mass is 79.9. The molecule has 88 valence electrons. The zero-order chi connectivity index (χ0) is 12.3. The van der Waals surface area contributed by atoms with Crippen molar-refractivity contribution in [1.29, 1.82) is 0 Å². The average molecular weight is 286 g/mol. The lowest BCUT2D eigenvalue weighted by Gasteiger charge is -2.22. The van der Waals surface area contributed by atoms with E-state index in [2.05, 4.69) is 21.2 Å². The lowest BCUT2D eigenvalue weighted by molar-refractivity contribution is -0.125. The third-order valence-electron chi connectivity index (χ3n) is 2.40. The van der Waals surface area contributed by atoms with Crippen molar-refractivity contribution in [2.75, 3.05) is 17.6 Å². The van der Waals surface area contributed by atoms with Crippen molar-refractivity contribution in [2.24, 2.45) is 11.1 Å². The number of anilines is 2. The van der Waals surface area contributed by atoms with E-state index in [0.717, 1.165) is 10.2 Å². The highest BCUT2D eigenvalue weighted by Gasteiger charge is 2.24. The molecular weight excluding hydrogens is 270 g/mol. The van der Waals surface area contributed by atoms with E-state index >= 15 is 0 Å². The maximum Gasteiger partial charge on any atom is 0.224 e. The zero-order valence-electron chi connectivity index (χ0n) is 9.38. The highest BCUT2D eigenvalue weighted by molar-refractivity contribution is 9.10. The maximum atomic E-state index is 11.1. The SMILES string of the molecule is CC(C)(CNc1ccc(Br)cc1N)C(N)=O. The van der Waals surface area contributed by atoms with E-state index in [9.17, 15) is 4.79 Å². The summed E-state index contributed by atoms with van der Waals surface area (Å²) in [7, 11) is 0. The number of nitrogens with two attached hydrogens (primary N) is 2. The van der Waals surface area contributed by atoms with E-state index in [0.29, 0.717) is 12.2 Å². The molecule has 1 aromatic carbocycles. The Hall–Kier alpha value is -1.23. The molecule has 0 atom stereocenters. The van der Waals surface area contributed by atoms with Gasteiger partial charge in [-0.3, -0.25) is 4.79 Å². The van der Waals surface area contributed by atoms with Crippen LogP contribution in [0.3, 0.4) is 0 Å². The van der Waals surface area contributed by atoms with Gasteiger partial charge < -0.3 is 16.8 Å². The number of primary amides is 1. The first-order valence-electron chi connectivity index (χ1n) is 4.92. The summed E-state index contributed by atoms with van der Waals surface area (Å²) in [4.78, 5) is 11.1. The number of nitrogens with one attached hydrogen (secondary N) is 1. The van der Waals surface area contributed by atoms with Crippen molar-refractivity contribution in [3.8, 4) is 0 Å². The van der Waals surface area contributed by atoms with Crippen molar-refractivity contribution in [1.82, 2.24) is 0 Å². The van der Waals surface area contributed by atoms with Crippen molar-refractivity contribution in [3.05, 3.63) is 22.7 Å². The molecule has 0 aromatic heterocycles. The second kappa shape index (κ2) is 4.74. The van der Waals surface area contributed by atoms with Gasteiger partial charge in [0, 0.05) is 11.0 Å². The summed E-state index contributed by atoms with van der Waals surface area (Å²) in [6.45, 7) is 4.03. The molecule has 0 radical (unpaired) electrons. The molecule has 0 aliphatic heterocycles. The predicted octanol–water partition coefficient (Wildman–Crippen LogP) is 1.95. The Morgan fingerprint density at radius 3 is 2.62 bits per heavy atom. The van der Waals surface area contributed by atoms with Gasteiger partial charge in [-0.05, 0) is 32.0 Å². The number of rotatable bonds is 4. The summed E-state index contributed by atoms with van der Waals surface area (Å²) < 4.78 is 0.921. The molecule has 0 aliphatic carbocycles. The summed E-state index contributed by atoms with van der Waals surface area (Å²) in [5.74, 6) is -0.337. The van der Waals surface area contributed by atoms with Crippen LogP contribution in [0.2, 0.25) is 0 Å². The molecule has 0 saturated carbocycles. The molecule has 0 spiro atoms. The summed E-state index contributed by atoms with van der Waals surface area (Å²) >= 11 is 3.33. The molecule has 0 heterocycles. The molecule has 5 heteroatoms. The first kappa shape index (κ1) is 12.8.